The normalized spacial score (nSPS) is 34.5. The van der Waals surface area contributed by atoms with Crippen molar-refractivity contribution < 1.29 is 81.9 Å². The monoisotopic (exact) mass is 1000 g/mol. The van der Waals surface area contributed by atoms with Gasteiger partial charge in [0, 0.05) is 49.6 Å². The van der Waals surface area contributed by atoms with Gasteiger partial charge in [-0.3, -0.25) is 23.7 Å². The molecule has 3 aliphatic carbocycles. The fourth-order valence-corrected chi connectivity index (χ4v) is 12.1. The van der Waals surface area contributed by atoms with Crippen molar-refractivity contribution in [3.8, 4) is 0 Å². The average Bonchev–Trinajstić information content (AvgIpc) is 3.52. The zero-order valence-corrected chi connectivity index (χ0v) is 40.8. The van der Waals surface area contributed by atoms with Crippen LogP contribution in [0.5, 0.6) is 0 Å². The molecule has 20 nitrogen and oxygen atoms in total. The van der Waals surface area contributed by atoms with E-state index in [1.807, 2.05) is 6.92 Å². The largest absolute Gasteiger partial charge is 0.463 e. The number of aliphatic hydroxyl groups is 4. The molecule has 1 aromatic heterocycles. The van der Waals surface area contributed by atoms with Crippen LogP contribution in [0.2, 0.25) is 6.82 Å². The first kappa shape index (κ1) is 53.8. The average molecular weight is 1000 g/mol. The molecule has 0 radical (unpaired) electrons. The van der Waals surface area contributed by atoms with Gasteiger partial charge in [-0.05, 0) is 61.7 Å². The van der Waals surface area contributed by atoms with E-state index in [1.165, 1.54) is 6.82 Å². The highest BCUT2D eigenvalue weighted by atomic mass is 19.3. The van der Waals surface area contributed by atoms with Crippen molar-refractivity contribution in [1.82, 2.24) is 14.8 Å². The fraction of sp³-hybridized carbons (Fsp3) is 0.646. The van der Waals surface area contributed by atoms with E-state index in [0.717, 1.165) is 19.2 Å². The third-order valence-corrected chi connectivity index (χ3v) is 15.9. The molecule has 5 aliphatic rings. The number of amides is 1. The molecule has 4 fully saturated rings. The first-order valence-corrected chi connectivity index (χ1v) is 23.7. The zero-order chi connectivity index (χ0) is 52.3. The summed E-state index contributed by atoms with van der Waals surface area (Å²) in [5.74, 6) is -10.0. The van der Waals surface area contributed by atoms with E-state index in [1.54, 1.807) is 65.0 Å². The van der Waals surface area contributed by atoms with E-state index in [9.17, 15) is 54.2 Å². The zero-order valence-electron chi connectivity index (χ0n) is 40.8. The number of aliphatic hydroxyl groups excluding tert-OH is 3. The molecular weight excluding hydrogens is 937 g/mol. The number of ether oxygens (including phenoxy) is 5. The maximum Gasteiger partial charge on any atom is 0.374 e. The van der Waals surface area contributed by atoms with E-state index in [2.05, 4.69) is 15.5 Å². The van der Waals surface area contributed by atoms with Crippen LogP contribution in [0.25, 0.3) is 0 Å². The number of carbonyl (C=O) groups excluding carboxylic acids is 5. The van der Waals surface area contributed by atoms with Crippen molar-refractivity contribution in [3.05, 3.63) is 69.8 Å². The molecular formula is C48H63BF2N4O16. The summed E-state index contributed by atoms with van der Waals surface area (Å²) >= 11 is 0. The molecule has 1 amide bonds. The summed E-state index contributed by atoms with van der Waals surface area (Å²) in [6.07, 6.45) is -13.6. The van der Waals surface area contributed by atoms with Crippen LogP contribution in [0.4, 0.5) is 14.6 Å². The Kier molecular flexibility index (Phi) is 15.0. The van der Waals surface area contributed by atoms with E-state index in [-0.39, 0.29) is 42.8 Å². The summed E-state index contributed by atoms with van der Waals surface area (Å²) in [6.45, 7) is 12.3. The number of Topliss-reactive ketones (excluding diaryl/α,β-unsaturated/α-hetero) is 1. The third kappa shape index (κ3) is 9.47. The van der Waals surface area contributed by atoms with Crippen LogP contribution in [-0.2, 0) is 47.7 Å². The van der Waals surface area contributed by atoms with Crippen LogP contribution in [-0.4, -0.2) is 139 Å². The standard InChI is InChI=1S/C48H63BF2N4O16/c1-23-27(20-47(65)24(2)38-45(6)22-68-30(45)19-29(57)46(38,7)40(62)36(60)34(23)44(47,4)5)69-41(63)37(35(54-49(8)66)26-13-10-9-11-14-26)71-33(59)16-12-15-32(58)67-21-28-39(61)48(50,51)42(70-28)55-18-17-31(52-25(3)56)53-43(55)64/h9-11,13-14,17-18,24,27-30,35-39,42,54,57,60-61,65-66H,12,15-16,19-22H2,1-8H3,(H,52,53,56,64)/t24-,27-,28+,29-,30+,35-,36+,37+,38+,39+,42+,45+,46+,47+/m0/s1. The molecule has 0 unspecified atom stereocenters. The van der Waals surface area contributed by atoms with Gasteiger partial charge in [0.05, 0.1) is 35.9 Å². The summed E-state index contributed by atoms with van der Waals surface area (Å²) in [4.78, 5) is 83.2. The minimum absolute atomic E-state index is 0.122. The van der Waals surface area contributed by atoms with Crippen molar-refractivity contribution in [2.75, 3.05) is 18.5 Å². The second-order valence-electron chi connectivity index (χ2n) is 20.7. The highest BCUT2D eigenvalue weighted by Gasteiger charge is 2.73. The number of aromatic nitrogens is 2. The van der Waals surface area contributed by atoms with Gasteiger partial charge < -0.3 is 59.7 Å². The molecule has 2 saturated carbocycles. The van der Waals surface area contributed by atoms with Crippen molar-refractivity contribution in [1.29, 1.82) is 0 Å². The van der Waals surface area contributed by atoms with Crippen LogP contribution in [0.3, 0.4) is 0 Å². The molecule has 2 saturated heterocycles. The maximum atomic E-state index is 15.2. The summed E-state index contributed by atoms with van der Waals surface area (Å²) < 4.78 is 59.0. The number of esters is 3. The fourth-order valence-electron chi connectivity index (χ4n) is 12.1. The lowest BCUT2D eigenvalue weighted by Gasteiger charge is -2.68. The van der Waals surface area contributed by atoms with Crippen LogP contribution >= 0.6 is 0 Å². The van der Waals surface area contributed by atoms with Crippen molar-refractivity contribution in [2.24, 2.45) is 28.1 Å². The predicted molar refractivity (Wildman–Crippen MR) is 245 cm³/mol. The number of halogens is 2. The lowest BCUT2D eigenvalue weighted by molar-refractivity contribution is -0.302. The number of anilines is 1. The molecule has 2 aromatic rings. The van der Waals surface area contributed by atoms with E-state index >= 15 is 8.78 Å². The summed E-state index contributed by atoms with van der Waals surface area (Å²) in [5.41, 5.74) is -5.65. The van der Waals surface area contributed by atoms with Crippen LogP contribution in [0, 0.1) is 28.1 Å². The second kappa shape index (κ2) is 19.8. The van der Waals surface area contributed by atoms with Crippen LogP contribution in [0.1, 0.15) is 98.4 Å². The number of hydrogen-bond acceptors (Lipinski definition) is 18. The van der Waals surface area contributed by atoms with Gasteiger partial charge in [0.1, 0.15) is 30.7 Å². The Labute approximate surface area is 408 Å². The molecule has 1 aromatic carbocycles. The number of fused-ring (bicyclic) bond motifs is 5. The maximum absolute atomic E-state index is 15.2. The molecule has 3 heterocycles. The Morgan fingerprint density at radius 2 is 1.69 bits per heavy atom. The number of benzene rings is 1. The molecule has 23 heteroatoms. The number of nitrogens with zero attached hydrogens (tertiary/aromatic N) is 2. The Hall–Kier alpha value is -5.01. The van der Waals surface area contributed by atoms with Gasteiger partial charge in [-0.2, -0.15) is 13.8 Å². The van der Waals surface area contributed by atoms with Gasteiger partial charge in [-0.15, -0.1) is 0 Å². The second-order valence-corrected chi connectivity index (χ2v) is 20.7. The summed E-state index contributed by atoms with van der Waals surface area (Å²) in [5, 5.41) is 62.9. The Balaban J connectivity index is 1.07. The van der Waals surface area contributed by atoms with Gasteiger partial charge in [0.2, 0.25) is 18.2 Å². The van der Waals surface area contributed by atoms with Crippen LogP contribution in [0.15, 0.2) is 58.5 Å². The SMILES string of the molecule is CB(O)N[C@@H](c1ccccc1)[C@@H](OC(=O)CCCC(=O)OC[C@H]1O[C@@H](n2ccc(NC(C)=O)nc2=O)C(F)(F)[C@@H]1O)C(=O)O[C@H]1C[C@@]2(O)[C@@H](C)[C@@H]3[C@]4(C)CO[C@@H]4C[C@H](O)[C@@]3(C)C(=O)[C@H](O)C(=C1C)C2(C)C. The lowest BCUT2D eigenvalue weighted by Crippen LogP contribution is -2.75. The molecule has 7 rings (SSSR count). The predicted octanol–water partition coefficient (Wildman–Crippen LogP) is 1.92. The third-order valence-electron chi connectivity index (χ3n) is 15.9. The highest BCUT2D eigenvalue weighted by molar-refractivity contribution is 6.45. The van der Waals surface area contributed by atoms with Crippen molar-refractivity contribution in [2.45, 2.75) is 154 Å². The summed E-state index contributed by atoms with van der Waals surface area (Å²) in [7, 11) is -1.27. The Morgan fingerprint density at radius 3 is 2.30 bits per heavy atom. The first-order valence-electron chi connectivity index (χ1n) is 23.7. The van der Waals surface area contributed by atoms with E-state index in [0.29, 0.717) is 10.1 Å². The molecule has 7 N–H and O–H groups in total. The van der Waals surface area contributed by atoms with E-state index < -0.39 is 156 Å². The van der Waals surface area contributed by atoms with Gasteiger partial charge in [0.15, 0.2) is 11.9 Å². The summed E-state index contributed by atoms with van der Waals surface area (Å²) in [6, 6.07) is 8.05. The quantitative estimate of drug-likeness (QED) is 0.0581. The van der Waals surface area contributed by atoms with E-state index in [4.69, 9.17) is 23.7 Å². The molecule has 14 atom stereocenters. The number of hydrogen-bond donors (Lipinski definition) is 7. The molecule has 0 spiro atoms. The minimum atomic E-state index is -4.05. The topological polar surface area (TPSA) is 292 Å². The highest BCUT2D eigenvalue weighted by Crippen LogP contribution is 2.67. The van der Waals surface area contributed by atoms with Crippen molar-refractivity contribution in [3.63, 3.8) is 0 Å². The van der Waals surface area contributed by atoms with Crippen LogP contribution < -0.4 is 16.2 Å². The first-order chi connectivity index (χ1) is 33.1. The smallest absolute Gasteiger partial charge is 0.374 e. The van der Waals surface area contributed by atoms with Gasteiger partial charge in [-0.25, -0.2) is 9.59 Å². The Morgan fingerprint density at radius 1 is 1.03 bits per heavy atom. The van der Waals surface area contributed by atoms with Gasteiger partial charge in [-0.1, -0.05) is 58.0 Å². The Bertz CT molecular complexity index is 2490. The lowest BCUT2D eigenvalue weighted by atomic mass is 9.40. The number of ketones is 1. The molecule has 2 bridgehead atoms. The van der Waals surface area contributed by atoms with Gasteiger partial charge in [0.25, 0.3) is 0 Å². The molecule has 388 valence electrons. The number of carbonyl (C=O) groups is 5. The number of alkyl halides is 2. The van der Waals surface area contributed by atoms with Gasteiger partial charge >= 0.3 is 36.6 Å². The minimum Gasteiger partial charge on any atom is -0.463 e. The molecule has 71 heavy (non-hydrogen) atoms. The number of nitrogens with one attached hydrogen (secondary N) is 2. The number of rotatable bonds is 15. The molecule has 2 aliphatic heterocycles. The van der Waals surface area contributed by atoms with Crippen molar-refractivity contribution >= 4 is 42.5 Å².